The van der Waals surface area contributed by atoms with Gasteiger partial charge in [-0.2, -0.15) is 0 Å². The van der Waals surface area contributed by atoms with Gasteiger partial charge in [0.25, 0.3) is 5.91 Å². The van der Waals surface area contributed by atoms with Crippen molar-refractivity contribution in [1.82, 2.24) is 10.2 Å². The van der Waals surface area contributed by atoms with Crippen molar-refractivity contribution in [2.75, 3.05) is 38.2 Å². The third kappa shape index (κ3) is 7.33. The summed E-state index contributed by atoms with van der Waals surface area (Å²) in [6.07, 6.45) is 3.89. The van der Waals surface area contributed by atoms with Gasteiger partial charge in [-0.05, 0) is 88.7 Å². The highest BCUT2D eigenvalue weighted by molar-refractivity contribution is 7.80. The fraction of sp³-hybridized carbons (Fsp3) is 0.462. The molecule has 0 atom stereocenters. The van der Waals surface area contributed by atoms with E-state index >= 15 is 0 Å². The second-order valence-electron chi connectivity index (χ2n) is 8.04. The minimum Gasteiger partial charge on any atom is -0.490 e. The minimum atomic E-state index is -0.357. The molecule has 0 aliphatic carbocycles. The van der Waals surface area contributed by atoms with Crippen LogP contribution >= 0.6 is 12.2 Å². The van der Waals surface area contributed by atoms with Crippen LogP contribution in [0.4, 0.5) is 5.69 Å². The largest absolute Gasteiger partial charge is 0.490 e. The predicted molar refractivity (Wildman–Crippen MR) is 139 cm³/mol. The fourth-order valence-corrected chi connectivity index (χ4v) is 4.14. The minimum absolute atomic E-state index is 0.221. The molecule has 7 nitrogen and oxygen atoms in total. The van der Waals surface area contributed by atoms with Gasteiger partial charge in [0, 0.05) is 17.8 Å². The molecule has 3 rings (SSSR count). The third-order valence-electron chi connectivity index (χ3n) is 5.47. The normalized spacial score (nSPS) is 13.7. The van der Waals surface area contributed by atoms with Crippen LogP contribution in [0.1, 0.15) is 56.0 Å². The first-order valence-corrected chi connectivity index (χ1v) is 12.4. The number of nitrogens with one attached hydrogen (secondary N) is 2. The number of piperidine rings is 1. The Morgan fingerprint density at radius 1 is 0.912 bits per heavy atom. The van der Waals surface area contributed by atoms with Crippen molar-refractivity contribution in [2.24, 2.45) is 0 Å². The first kappa shape index (κ1) is 25.8. The van der Waals surface area contributed by atoms with Gasteiger partial charge >= 0.3 is 0 Å². The Morgan fingerprint density at radius 3 is 2.06 bits per heavy atom. The van der Waals surface area contributed by atoms with E-state index in [0.717, 1.165) is 25.3 Å². The molecule has 184 valence electrons. The Hall–Kier alpha value is -2.84. The first-order valence-electron chi connectivity index (χ1n) is 12.0. The van der Waals surface area contributed by atoms with Crippen LogP contribution in [0.25, 0.3) is 0 Å². The van der Waals surface area contributed by atoms with Crippen LogP contribution < -0.4 is 24.8 Å². The maximum absolute atomic E-state index is 12.9. The number of carbonyl (C=O) groups excluding carboxylic acids is 1. The van der Waals surface area contributed by atoms with Gasteiger partial charge in [-0.15, -0.1) is 0 Å². The number of hydrogen-bond acceptors (Lipinski definition) is 6. The summed E-state index contributed by atoms with van der Waals surface area (Å²) in [6, 6.07) is 11.4. The van der Waals surface area contributed by atoms with Gasteiger partial charge in [-0.3, -0.25) is 15.0 Å². The van der Waals surface area contributed by atoms with Gasteiger partial charge in [0.1, 0.15) is 0 Å². The van der Waals surface area contributed by atoms with Crippen LogP contribution in [-0.4, -0.2) is 48.8 Å². The quantitative estimate of drug-likeness (QED) is 0.459. The Labute approximate surface area is 207 Å². The number of anilines is 1. The van der Waals surface area contributed by atoms with Crippen LogP contribution in [0.2, 0.25) is 0 Å². The number of ether oxygens (including phenoxy) is 3. The van der Waals surface area contributed by atoms with E-state index in [-0.39, 0.29) is 11.0 Å². The highest BCUT2D eigenvalue weighted by Gasteiger charge is 2.19. The van der Waals surface area contributed by atoms with Crippen molar-refractivity contribution in [2.45, 2.75) is 46.6 Å². The Kier molecular flexibility index (Phi) is 9.97. The standard InChI is InChI=1S/C26H35N3O4S/c1-4-31-22-16-20(17-23(32-5-2)24(22)33-6-3)25(30)28-26(34)27-21-12-10-19(11-13-21)18-29-14-8-7-9-15-29/h10-13,16-17H,4-9,14-15,18H2,1-3H3,(H2,27,28,30,34). The van der Waals surface area contributed by atoms with E-state index in [0.29, 0.717) is 42.6 Å². The average Bonchev–Trinajstić information content (AvgIpc) is 2.83. The molecule has 34 heavy (non-hydrogen) atoms. The van der Waals surface area contributed by atoms with Gasteiger partial charge in [-0.25, -0.2) is 0 Å². The lowest BCUT2D eigenvalue weighted by Crippen LogP contribution is -2.34. The smallest absolute Gasteiger partial charge is 0.257 e. The van der Waals surface area contributed by atoms with E-state index in [2.05, 4.69) is 27.7 Å². The zero-order chi connectivity index (χ0) is 24.3. The molecule has 0 unspecified atom stereocenters. The summed E-state index contributed by atoms with van der Waals surface area (Å²) >= 11 is 5.37. The molecule has 0 bridgehead atoms. The summed E-state index contributed by atoms with van der Waals surface area (Å²) in [5.41, 5.74) is 2.46. The summed E-state index contributed by atoms with van der Waals surface area (Å²) in [5.74, 6) is 1.06. The van der Waals surface area contributed by atoms with Gasteiger partial charge in [0.05, 0.1) is 19.8 Å². The number of amides is 1. The molecule has 1 amide bonds. The summed E-state index contributed by atoms with van der Waals surface area (Å²) in [6.45, 7) is 10.3. The lowest BCUT2D eigenvalue weighted by atomic mass is 10.1. The van der Waals surface area contributed by atoms with Crippen molar-refractivity contribution < 1.29 is 19.0 Å². The van der Waals surface area contributed by atoms with E-state index < -0.39 is 0 Å². The number of benzene rings is 2. The highest BCUT2D eigenvalue weighted by atomic mass is 32.1. The van der Waals surface area contributed by atoms with Crippen LogP contribution in [0.15, 0.2) is 36.4 Å². The molecule has 0 radical (unpaired) electrons. The van der Waals surface area contributed by atoms with E-state index in [1.165, 1.54) is 24.8 Å². The Morgan fingerprint density at radius 2 is 1.50 bits per heavy atom. The van der Waals surface area contributed by atoms with Crippen LogP contribution in [0.3, 0.4) is 0 Å². The molecule has 2 N–H and O–H groups in total. The second-order valence-corrected chi connectivity index (χ2v) is 8.45. The summed E-state index contributed by atoms with van der Waals surface area (Å²) in [7, 11) is 0. The van der Waals surface area contributed by atoms with Crippen molar-refractivity contribution in [3.05, 3.63) is 47.5 Å². The van der Waals surface area contributed by atoms with Gasteiger partial charge < -0.3 is 19.5 Å². The van der Waals surface area contributed by atoms with E-state index in [1.54, 1.807) is 12.1 Å². The topological polar surface area (TPSA) is 72.1 Å². The number of nitrogens with zero attached hydrogens (tertiary/aromatic N) is 1. The molecular formula is C26H35N3O4S. The maximum atomic E-state index is 12.9. The third-order valence-corrected chi connectivity index (χ3v) is 5.67. The average molecular weight is 486 g/mol. The molecule has 1 aliphatic rings. The van der Waals surface area contributed by atoms with Crippen LogP contribution in [-0.2, 0) is 6.54 Å². The number of thiocarbonyl (C=S) groups is 1. The Bertz CT molecular complexity index is 932. The molecule has 0 saturated carbocycles. The van der Waals surface area contributed by atoms with Crippen molar-refractivity contribution >= 4 is 28.9 Å². The SMILES string of the molecule is CCOc1cc(C(=O)NC(=S)Nc2ccc(CN3CCCCC3)cc2)cc(OCC)c1OCC. The Balaban J connectivity index is 1.63. The zero-order valence-corrected chi connectivity index (χ0v) is 21.1. The lowest BCUT2D eigenvalue weighted by Gasteiger charge is -2.26. The molecule has 1 aliphatic heterocycles. The van der Waals surface area contributed by atoms with E-state index in [1.807, 2.05) is 32.9 Å². The van der Waals surface area contributed by atoms with Crippen LogP contribution in [0, 0.1) is 0 Å². The van der Waals surface area contributed by atoms with E-state index in [9.17, 15) is 4.79 Å². The second kappa shape index (κ2) is 13.2. The van der Waals surface area contributed by atoms with Crippen LogP contribution in [0.5, 0.6) is 17.2 Å². The molecule has 0 aromatic heterocycles. The maximum Gasteiger partial charge on any atom is 0.257 e. The number of likely N-dealkylation sites (tertiary alicyclic amines) is 1. The van der Waals surface area contributed by atoms with Crippen molar-refractivity contribution in [3.63, 3.8) is 0 Å². The molecule has 2 aromatic carbocycles. The molecule has 1 saturated heterocycles. The van der Waals surface area contributed by atoms with Gasteiger partial charge in [0.15, 0.2) is 16.6 Å². The summed E-state index contributed by atoms with van der Waals surface area (Å²) in [5, 5.41) is 6.04. The number of rotatable bonds is 10. The highest BCUT2D eigenvalue weighted by Crippen LogP contribution is 2.39. The zero-order valence-electron chi connectivity index (χ0n) is 20.3. The van der Waals surface area contributed by atoms with E-state index in [4.69, 9.17) is 26.4 Å². The molecular weight excluding hydrogens is 450 g/mol. The number of hydrogen-bond donors (Lipinski definition) is 2. The first-order chi connectivity index (χ1) is 16.5. The summed E-state index contributed by atoms with van der Waals surface area (Å²) < 4.78 is 17.1. The predicted octanol–water partition coefficient (Wildman–Crippen LogP) is 5.00. The molecule has 0 spiro atoms. The monoisotopic (exact) mass is 485 g/mol. The lowest BCUT2D eigenvalue weighted by molar-refractivity contribution is 0.0976. The molecule has 1 heterocycles. The number of carbonyl (C=O) groups is 1. The van der Waals surface area contributed by atoms with Gasteiger partial charge in [-0.1, -0.05) is 18.6 Å². The molecule has 8 heteroatoms. The van der Waals surface area contributed by atoms with Crippen molar-refractivity contribution in [1.29, 1.82) is 0 Å². The van der Waals surface area contributed by atoms with Gasteiger partial charge in [0.2, 0.25) is 5.75 Å². The molecule has 1 fully saturated rings. The fourth-order valence-electron chi connectivity index (χ4n) is 3.93. The summed E-state index contributed by atoms with van der Waals surface area (Å²) in [4.78, 5) is 15.4. The van der Waals surface area contributed by atoms with Crippen molar-refractivity contribution in [3.8, 4) is 17.2 Å². The molecule has 2 aromatic rings.